The van der Waals surface area contributed by atoms with Crippen molar-refractivity contribution in [1.82, 2.24) is 4.57 Å². The first-order chi connectivity index (χ1) is 15.0. The average molecular weight is 443 g/mol. The minimum atomic E-state index is -1.28. The number of aromatic nitrogens is 1. The second-order valence-corrected chi connectivity index (χ2v) is 8.94. The zero-order valence-electron chi connectivity index (χ0n) is 19.1. The van der Waals surface area contributed by atoms with Crippen LogP contribution in [-0.4, -0.2) is 48.4 Å². The van der Waals surface area contributed by atoms with Crippen LogP contribution in [0.4, 0.5) is 0 Å². The summed E-state index contributed by atoms with van der Waals surface area (Å²) in [6.45, 7) is 8.66. The molecule has 0 unspecified atom stereocenters. The van der Waals surface area contributed by atoms with E-state index in [-0.39, 0.29) is 29.4 Å². The Bertz CT molecular complexity index is 1090. The van der Waals surface area contributed by atoms with Crippen LogP contribution in [0.3, 0.4) is 0 Å². The monoisotopic (exact) mass is 443 g/mol. The van der Waals surface area contributed by atoms with E-state index in [1.807, 2.05) is 20.8 Å². The fourth-order valence-corrected chi connectivity index (χ4v) is 3.76. The maximum atomic E-state index is 12.6. The van der Waals surface area contributed by atoms with Crippen LogP contribution in [0.15, 0.2) is 29.2 Å². The van der Waals surface area contributed by atoms with E-state index in [0.717, 1.165) is 0 Å². The molecular formula is C24H29NO7. The molecule has 2 heterocycles. The summed E-state index contributed by atoms with van der Waals surface area (Å²) in [6.07, 6.45) is 2.03. The summed E-state index contributed by atoms with van der Waals surface area (Å²) in [5.41, 5.74) is 0.191. The highest BCUT2D eigenvalue weighted by molar-refractivity contribution is 5.99. The number of ketones is 1. The fraction of sp³-hybridized carbons (Fsp3) is 0.458. The second kappa shape index (κ2) is 9.16. The number of pyridine rings is 1. The molecular weight excluding hydrogens is 414 g/mol. The maximum absolute atomic E-state index is 12.6. The molecule has 0 amide bonds. The SMILES string of the molecule is COCCCOc1cc2c(cc1C(C)=O)-c1cc(=O)c(C(=O)O)cn1[C@H](C(C)(C)C)CO2. The summed E-state index contributed by atoms with van der Waals surface area (Å²) in [5.74, 6) is -0.605. The van der Waals surface area contributed by atoms with Gasteiger partial charge in [-0.25, -0.2) is 4.79 Å². The lowest BCUT2D eigenvalue weighted by Crippen LogP contribution is -2.31. The second-order valence-electron chi connectivity index (χ2n) is 8.94. The van der Waals surface area contributed by atoms with E-state index in [1.165, 1.54) is 19.2 Å². The zero-order valence-corrected chi connectivity index (χ0v) is 19.1. The standard InChI is InChI=1S/C24H29NO7/c1-14(26)15-9-16-18-10-19(27)17(23(28)29)12-25(18)22(24(2,3)4)13-32-21(16)11-20(15)31-8-6-7-30-5/h9-12,22H,6-8,13H2,1-5H3,(H,28,29)/t22-/m0/s1. The van der Waals surface area contributed by atoms with Crippen LogP contribution in [0.1, 0.15) is 60.9 Å². The Morgan fingerprint density at radius 3 is 2.50 bits per heavy atom. The molecule has 1 aromatic carbocycles. The Kier molecular flexibility index (Phi) is 6.74. The van der Waals surface area contributed by atoms with Gasteiger partial charge in [0.05, 0.1) is 23.9 Å². The van der Waals surface area contributed by atoms with Gasteiger partial charge in [0.1, 0.15) is 23.7 Å². The predicted molar refractivity (Wildman–Crippen MR) is 119 cm³/mol. The summed E-state index contributed by atoms with van der Waals surface area (Å²) < 4.78 is 18.8. The van der Waals surface area contributed by atoms with Gasteiger partial charge in [0, 0.05) is 44.0 Å². The predicted octanol–water partition coefficient (Wildman–Crippen LogP) is 3.81. The molecule has 32 heavy (non-hydrogen) atoms. The molecule has 1 aliphatic heterocycles. The normalized spacial score (nSPS) is 15.2. The number of benzene rings is 1. The van der Waals surface area contributed by atoms with Crippen molar-refractivity contribution in [3.05, 3.63) is 45.7 Å². The summed E-state index contributed by atoms with van der Waals surface area (Å²) >= 11 is 0. The van der Waals surface area contributed by atoms with E-state index in [0.29, 0.717) is 48.0 Å². The molecule has 172 valence electrons. The van der Waals surface area contributed by atoms with Crippen molar-refractivity contribution in [1.29, 1.82) is 0 Å². The van der Waals surface area contributed by atoms with Crippen LogP contribution in [-0.2, 0) is 4.74 Å². The average Bonchev–Trinajstić information content (AvgIpc) is 2.85. The van der Waals surface area contributed by atoms with Gasteiger partial charge in [0.25, 0.3) is 0 Å². The number of rotatable bonds is 7. The number of methoxy groups -OCH3 is 1. The van der Waals surface area contributed by atoms with E-state index in [9.17, 15) is 19.5 Å². The number of carboxylic acid groups (broad SMARTS) is 1. The molecule has 0 radical (unpaired) electrons. The van der Waals surface area contributed by atoms with Crippen LogP contribution < -0.4 is 14.9 Å². The fourth-order valence-electron chi connectivity index (χ4n) is 3.76. The van der Waals surface area contributed by atoms with Crippen molar-refractivity contribution in [3.8, 4) is 22.8 Å². The van der Waals surface area contributed by atoms with Crippen LogP contribution in [0.2, 0.25) is 0 Å². The number of carbonyl (C=O) groups is 2. The highest BCUT2D eigenvalue weighted by Gasteiger charge is 2.33. The molecule has 0 saturated heterocycles. The van der Waals surface area contributed by atoms with E-state index < -0.39 is 11.4 Å². The Balaban J connectivity index is 2.21. The quantitative estimate of drug-likeness (QED) is 0.512. The molecule has 1 aliphatic rings. The van der Waals surface area contributed by atoms with Crippen LogP contribution in [0, 0.1) is 5.41 Å². The van der Waals surface area contributed by atoms with E-state index >= 15 is 0 Å². The Hall–Kier alpha value is -3.13. The van der Waals surface area contributed by atoms with Crippen molar-refractivity contribution in [2.75, 3.05) is 26.9 Å². The number of aromatic carboxylic acids is 1. The first kappa shape index (κ1) is 23.5. The third-order valence-corrected chi connectivity index (χ3v) is 5.53. The maximum Gasteiger partial charge on any atom is 0.341 e. The van der Waals surface area contributed by atoms with Crippen molar-refractivity contribution in [3.63, 3.8) is 0 Å². The number of fused-ring (bicyclic) bond motifs is 3. The molecule has 8 heteroatoms. The lowest BCUT2D eigenvalue weighted by Gasteiger charge is -2.32. The molecule has 2 aromatic rings. The molecule has 0 fully saturated rings. The molecule has 1 atom stereocenters. The Morgan fingerprint density at radius 2 is 1.91 bits per heavy atom. The van der Waals surface area contributed by atoms with Gasteiger partial charge in [-0.3, -0.25) is 9.59 Å². The van der Waals surface area contributed by atoms with Crippen molar-refractivity contribution < 1.29 is 28.9 Å². The van der Waals surface area contributed by atoms with E-state index in [4.69, 9.17) is 14.2 Å². The molecule has 0 bridgehead atoms. The Labute approximate surface area is 186 Å². The Morgan fingerprint density at radius 1 is 1.19 bits per heavy atom. The minimum Gasteiger partial charge on any atom is -0.493 e. The summed E-state index contributed by atoms with van der Waals surface area (Å²) in [4.78, 5) is 36.6. The summed E-state index contributed by atoms with van der Waals surface area (Å²) in [5, 5.41) is 9.48. The van der Waals surface area contributed by atoms with Crippen LogP contribution >= 0.6 is 0 Å². The van der Waals surface area contributed by atoms with Gasteiger partial charge in [-0.05, 0) is 18.4 Å². The highest BCUT2D eigenvalue weighted by Crippen LogP contribution is 2.43. The van der Waals surface area contributed by atoms with Crippen LogP contribution in [0.5, 0.6) is 11.5 Å². The van der Waals surface area contributed by atoms with Crippen LogP contribution in [0.25, 0.3) is 11.3 Å². The number of ether oxygens (including phenoxy) is 3. The molecule has 0 spiro atoms. The van der Waals surface area contributed by atoms with Gasteiger partial charge in [0.15, 0.2) is 11.2 Å². The van der Waals surface area contributed by atoms with E-state index in [2.05, 4.69) is 0 Å². The van der Waals surface area contributed by atoms with Gasteiger partial charge in [-0.15, -0.1) is 0 Å². The first-order valence-electron chi connectivity index (χ1n) is 10.5. The number of hydrogen-bond acceptors (Lipinski definition) is 6. The molecule has 0 aliphatic carbocycles. The molecule has 1 N–H and O–H groups in total. The molecule has 8 nitrogen and oxygen atoms in total. The highest BCUT2D eigenvalue weighted by atomic mass is 16.5. The summed E-state index contributed by atoms with van der Waals surface area (Å²) in [7, 11) is 1.61. The molecule has 3 rings (SSSR count). The van der Waals surface area contributed by atoms with E-state index in [1.54, 1.807) is 23.8 Å². The molecule has 1 aromatic heterocycles. The lowest BCUT2D eigenvalue weighted by molar-refractivity contribution is 0.0692. The number of Topliss-reactive ketones (excluding diaryl/α,β-unsaturated/α-hetero) is 1. The summed E-state index contributed by atoms with van der Waals surface area (Å²) in [6, 6.07) is 4.37. The largest absolute Gasteiger partial charge is 0.493 e. The van der Waals surface area contributed by atoms with Gasteiger partial charge in [-0.2, -0.15) is 0 Å². The van der Waals surface area contributed by atoms with Crippen molar-refractivity contribution in [2.45, 2.75) is 40.2 Å². The smallest absolute Gasteiger partial charge is 0.341 e. The first-order valence-corrected chi connectivity index (χ1v) is 10.5. The molecule has 0 saturated carbocycles. The third-order valence-electron chi connectivity index (χ3n) is 5.53. The number of nitrogens with zero attached hydrogens (tertiary/aromatic N) is 1. The van der Waals surface area contributed by atoms with Gasteiger partial charge in [-0.1, -0.05) is 20.8 Å². The van der Waals surface area contributed by atoms with Gasteiger partial charge in [0.2, 0.25) is 0 Å². The lowest BCUT2D eigenvalue weighted by atomic mass is 9.86. The van der Waals surface area contributed by atoms with Gasteiger partial charge >= 0.3 is 5.97 Å². The topological polar surface area (TPSA) is 104 Å². The number of carbonyl (C=O) groups excluding carboxylic acids is 1. The van der Waals surface area contributed by atoms with Gasteiger partial charge < -0.3 is 23.9 Å². The minimum absolute atomic E-state index is 0.192. The third kappa shape index (κ3) is 4.70. The van der Waals surface area contributed by atoms with Crippen molar-refractivity contribution in [2.24, 2.45) is 5.41 Å². The number of hydrogen-bond donors (Lipinski definition) is 1. The number of carboxylic acids is 1. The zero-order chi connectivity index (χ0) is 23.6. The van der Waals surface area contributed by atoms with Crippen molar-refractivity contribution >= 4 is 11.8 Å².